The molecule has 0 radical (unpaired) electrons. The van der Waals surface area contributed by atoms with Crippen LogP contribution in [0.15, 0.2) is 17.0 Å². The van der Waals surface area contributed by atoms with E-state index in [0.717, 1.165) is 10.5 Å². The van der Waals surface area contributed by atoms with Gasteiger partial charge >= 0.3 is 0 Å². The summed E-state index contributed by atoms with van der Waals surface area (Å²) >= 11 is 1.53. The molecule has 0 amide bonds. The average molecular weight is 212 g/mol. The van der Waals surface area contributed by atoms with Crippen molar-refractivity contribution in [1.82, 2.24) is 0 Å². The molecule has 0 unspecified atom stereocenters. The van der Waals surface area contributed by atoms with Crippen molar-refractivity contribution in [2.24, 2.45) is 0 Å². The molecule has 0 aromatic heterocycles. The second kappa shape index (κ2) is 3.83. The van der Waals surface area contributed by atoms with Gasteiger partial charge in [-0.15, -0.1) is 11.8 Å². The lowest BCUT2D eigenvalue weighted by Crippen LogP contribution is -2.17. The molecule has 0 heterocycles. The predicted molar refractivity (Wildman–Crippen MR) is 59.9 cm³/mol. The normalized spacial score (nSPS) is 11.8. The van der Waals surface area contributed by atoms with E-state index in [1.54, 1.807) is 13.8 Å². The lowest BCUT2D eigenvalue weighted by atomic mass is 9.95. The maximum atomic E-state index is 9.93. The summed E-state index contributed by atoms with van der Waals surface area (Å²) in [5.74, 6) is 0.198. The summed E-state index contributed by atoms with van der Waals surface area (Å²) in [4.78, 5) is 0.917. The van der Waals surface area contributed by atoms with Gasteiger partial charge in [0.25, 0.3) is 0 Å². The van der Waals surface area contributed by atoms with Gasteiger partial charge in [-0.3, -0.25) is 0 Å². The van der Waals surface area contributed by atoms with Crippen molar-refractivity contribution in [3.63, 3.8) is 0 Å². The number of phenols is 1. The zero-order valence-corrected chi connectivity index (χ0v) is 9.77. The second-order valence-corrected chi connectivity index (χ2v) is 4.72. The lowest BCUT2D eigenvalue weighted by Gasteiger charge is -2.23. The number of aromatic hydroxyl groups is 1. The Labute approximate surface area is 89.0 Å². The van der Waals surface area contributed by atoms with Crippen molar-refractivity contribution >= 4 is 11.8 Å². The third-order valence-corrected chi connectivity index (χ3v) is 2.95. The highest BCUT2D eigenvalue weighted by atomic mass is 32.2. The van der Waals surface area contributed by atoms with E-state index in [9.17, 15) is 10.2 Å². The second-order valence-electron chi connectivity index (χ2n) is 3.87. The van der Waals surface area contributed by atoms with E-state index in [1.807, 2.05) is 25.3 Å². The molecule has 0 atom stereocenters. The van der Waals surface area contributed by atoms with E-state index in [-0.39, 0.29) is 5.75 Å². The largest absolute Gasteiger partial charge is 0.507 e. The minimum absolute atomic E-state index is 0.198. The summed E-state index contributed by atoms with van der Waals surface area (Å²) in [6.45, 7) is 5.19. The number of aryl methyl sites for hydroxylation is 1. The first-order valence-electron chi connectivity index (χ1n) is 4.47. The number of thioether (sulfide) groups is 1. The molecule has 0 saturated heterocycles. The SMILES string of the molecule is CSc1ccc(C)c(O)c1C(C)(C)O. The molecule has 0 fully saturated rings. The van der Waals surface area contributed by atoms with Gasteiger partial charge in [-0.25, -0.2) is 0 Å². The number of hydrogen-bond acceptors (Lipinski definition) is 3. The first kappa shape index (κ1) is 11.4. The molecule has 0 aliphatic carbocycles. The summed E-state index contributed by atoms with van der Waals surface area (Å²) in [6, 6.07) is 3.78. The molecule has 0 aliphatic rings. The van der Waals surface area contributed by atoms with Crippen LogP contribution in [-0.2, 0) is 5.60 Å². The topological polar surface area (TPSA) is 40.5 Å². The highest BCUT2D eigenvalue weighted by molar-refractivity contribution is 7.98. The Hall–Kier alpha value is -0.670. The zero-order chi connectivity index (χ0) is 10.9. The summed E-state index contributed by atoms with van der Waals surface area (Å²) in [6.07, 6.45) is 1.93. The van der Waals surface area contributed by atoms with Crippen LogP contribution < -0.4 is 0 Å². The fourth-order valence-corrected chi connectivity index (χ4v) is 2.19. The lowest BCUT2D eigenvalue weighted by molar-refractivity contribution is 0.0727. The Morgan fingerprint density at radius 1 is 1.29 bits per heavy atom. The molecular formula is C11H16O2S. The van der Waals surface area contributed by atoms with Gasteiger partial charge in [-0.05, 0) is 38.7 Å². The summed E-state index contributed by atoms with van der Waals surface area (Å²) in [5, 5.41) is 19.8. The molecule has 0 spiro atoms. The van der Waals surface area contributed by atoms with Crippen LogP contribution in [0, 0.1) is 6.92 Å². The van der Waals surface area contributed by atoms with E-state index in [0.29, 0.717) is 5.56 Å². The third-order valence-electron chi connectivity index (χ3n) is 2.17. The van der Waals surface area contributed by atoms with Gasteiger partial charge in [0.1, 0.15) is 5.75 Å². The van der Waals surface area contributed by atoms with Gasteiger partial charge in [-0.2, -0.15) is 0 Å². The molecule has 1 rings (SSSR count). The Morgan fingerprint density at radius 3 is 2.29 bits per heavy atom. The van der Waals surface area contributed by atoms with Gasteiger partial charge < -0.3 is 10.2 Å². The minimum atomic E-state index is -1.01. The minimum Gasteiger partial charge on any atom is -0.507 e. The van der Waals surface area contributed by atoms with E-state index < -0.39 is 5.60 Å². The van der Waals surface area contributed by atoms with Crippen LogP contribution in [0.2, 0.25) is 0 Å². The molecule has 1 aromatic rings. The maximum Gasteiger partial charge on any atom is 0.125 e. The van der Waals surface area contributed by atoms with E-state index in [2.05, 4.69) is 0 Å². The molecule has 2 N–H and O–H groups in total. The van der Waals surface area contributed by atoms with Crippen molar-refractivity contribution in [1.29, 1.82) is 0 Å². The summed E-state index contributed by atoms with van der Waals surface area (Å²) in [7, 11) is 0. The maximum absolute atomic E-state index is 9.93. The van der Waals surface area contributed by atoms with Crippen molar-refractivity contribution in [3.8, 4) is 5.75 Å². The van der Waals surface area contributed by atoms with Crippen molar-refractivity contribution in [2.75, 3.05) is 6.26 Å². The van der Waals surface area contributed by atoms with Crippen LogP contribution in [0.4, 0.5) is 0 Å². The Bertz CT molecular complexity index is 340. The van der Waals surface area contributed by atoms with E-state index >= 15 is 0 Å². The first-order valence-corrected chi connectivity index (χ1v) is 5.70. The fraction of sp³-hybridized carbons (Fsp3) is 0.455. The van der Waals surface area contributed by atoms with Gasteiger partial charge in [0.05, 0.1) is 5.60 Å². The standard InChI is InChI=1S/C11H16O2S/c1-7-5-6-8(14-4)9(10(7)12)11(2,3)13/h5-6,12-13H,1-4H3. The number of phenolic OH excluding ortho intramolecular Hbond substituents is 1. The molecule has 2 nitrogen and oxygen atoms in total. The zero-order valence-electron chi connectivity index (χ0n) is 8.96. The fourth-order valence-electron chi connectivity index (χ4n) is 1.44. The Balaban J connectivity index is 3.44. The van der Waals surface area contributed by atoms with Gasteiger partial charge in [0, 0.05) is 10.5 Å². The van der Waals surface area contributed by atoms with Gasteiger partial charge in [0.15, 0.2) is 0 Å². The van der Waals surface area contributed by atoms with Crippen molar-refractivity contribution in [2.45, 2.75) is 31.3 Å². The molecule has 78 valence electrons. The highest BCUT2D eigenvalue weighted by Gasteiger charge is 2.24. The highest BCUT2D eigenvalue weighted by Crippen LogP contribution is 2.38. The van der Waals surface area contributed by atoms with Gasteiger partial charge in [0.2, 0.25) is 0 Å². The monoisotopic (exact) mass is 212 g/mol. The van der Waals surface area contributed by atoms with Gasteiger partial charge in [-0.1, -0.05) is 6.07 Å². The Kier molecular flexibility index (Phi) is 3.12. The third kappa shape index (κ3) is 2.04. The van der Waals surface area contributed by atoms with Crippen LogP contribution in [-0.4, -0.2) is 16.5 Å². The van der Waals surface area contributed by atoms with Crippen LogP contribution in [0.3, 0.4) is 0 Å². The quantitative estimate of drug-likeness (QED) is 0.740. The van der Waals surface area contributed by atoms with Crippen molar-refractivity contribution in [3.05, 3.63) is 23.3 Å². The molecule has 0 saturated carbocycles. The number of aliphatic hydroxyl groups is 1. The average Bonchev–Trinajstić information content (AvgIpc) is 2.07. The van der Waals surface area contributed by atoms with Crippen molar-refractivity contribution < 1.29 is 10.2 Å². The van der Waals surface area contributed by atoms with Crippen LogP contribution >= 0.6 is 11.8 Å². The van der Waals surface area contributed by atoms with E-state index in [1.165, 1.54) is 11.8 Å². The number of benzene rings is 1. The molecule has 14 heavy (non-hydrogen) atoms. The summed E-state index contributed by atoms with van der Waals surface area (Å²) in [5.41, 5.74) is 0.402. The van der Waals surface area contributed by atoms with Crippen LogP contribution in [0.25, 0.3) is 0 Å². The number of rotatable bonds is 2. The predicted octanol–water partition coefficient (Wildman–Crippen LogP) is 2.65. The molecule has 0 bridgehead atoms. The Morgan fingerprint density at radius 2 is 1.86 bits per heavy atom. The van der Waals surface area contributed by atoms with Crippen LogP contribution in [0.5, 0.6) is 5.75 Å². The molecule has 1 aromatic carbocycles. The summed E-state index contributed by atoms with van der Waals surface area (Å²) < 4.78 is 0. The van der Waals surface area contributed by atoms with Crippen LogP contribution in [0.1, 0.15) is 25.0 Å². The first-order chi connectivity index (χ1) is 6.38. The molecule has 0 aliphatic heterocycles. The smallest absolute Gasteiger partial charge is 0.125 e. The molecular weight excluding hydrogens is 196 g/mol. The van der Waals surface area contributed by atoms with E-state index in [4.69, 9.17) is 0 Å². The molecule has 3 heteroatoms. The number of hydrogen-bond donors (Lipinski definition) is 2.